The largest absolute Gasteiger partial charge is 0.508 e. The number of carbonyl (C=O) groups excluding carboxylic acids is 2. The van der Waals surface area contributed by atoms with Crippen LogP contribution in [0, 0.1) is 0 Å². The molecule has 0 aliphatic rings. The van der Waals surface area contributed by atoms with E-state index in [1.54, 1.807) is 54.6 Å². The van der Waals surface area contributed by atoms with Gasteiger partial charge in [0.2, 0.25) is 0 Å². The highest BCUT2D eigenvalue weighted by molar-refractivity contribution is 5.95. The standard InChI is InChI=1S/C20H15N3O5/c24-17-10-14(11-18(25)12-17)19(26)22-21-15-6-8-16(9-7-15)23-28-20(27)13-4-2-1-3-5-13/h1-12,23-25H. The predicted molar refractivity (Wildman–Crippen MR) is 101 cm³/mol. The van der Waals surface area contributed by atoms with Gasteiger partial charge >= 0.3 is 5.97 Å². The SMILES string of the molecule is O=C(N=Nc1ccc(NOC(=O)c2ccccc2)cc1)c1cc(O)cc(O)c1. The maximum Gasteiger partial charge on any atom is 0.362 e. The number of amides is 1. The normalized spacial score (nSPS) is 10.6. The molecule has 0 radical (unpaired) electrons. The smallest absolute Gasteiger partial charge is 0.362 e. The summed E-state index contributed by atoms with van der Waals surface area (Å²) in [7, 11) is 0. The minimum absolute atomic E-state index is 0.00682. The average molecular weight is 377 g/mol. The van der Waals surface area contributed by atoms with Crippen LogP contribution in [0.5, 0.6) is 11.5 Å². The number of hydrogen-bond acceptors (Lipinski definition) is 7. The maximum absolute atomic E-state index is 11.9. The second kappa shape index (κ2) is 8.45. The fourth-order valence-electron chi connectivity index (χ4n) is 2.21. The molecule has 3 aromatic rings. The van der Waals surface area contributed by atoms with E-state index in [4.69, 9.17) is 4.84 Å². The van der Waals surface area contributed by atoms with Gasteiger partial charge in [0.05, 0.1) is 22.5 Å². The van der Waals surface area contributed by atoms with Crippen LogP contribution >= 0.6 is 0 Å². The Hall–Kier alpha value is -4.20. The lowest BCUT2D eigenvalue weighted by Crippen LogP contribution is -2.10. The van der Waals surface area contributed by atoms with Gasteiger partial charge in [-0.2, -0.15) is 0 Å². The van der Waals surface area contributed by atoms with Crippen LogP contribution in [0.25, 0.3) is 0 Å². The van der Waals surface area contributed by atoms with E-state index in [2.05, 4.69) is 15.7 Å². The maximum atomic E-state index is 11.9. The molecule has 8 nitrogen and oxygen atoms in total. The van der Waals surface area contributed by atoms with Crippen LogP contribution in [0.3, 0.4) is 0 Å². The first-order valence-corrected chi connectivity index (χ1v) is 8.13. The van der Waals surface area contributed by atoms with Gasteiger partial charge in [0.15, 0.2) is 0 Å². The molecule has 0 bridgehead atoms. The van der Waals surface area contributed by atoms with Crippen molar-refractivity contribution >= 4 is 23.3 Å². The lowest BCUT2D eigenvalue weighted by atomic mass is 10.2. The van der Waals surface area contributed by atoms with Crippen LogP contribution in [0.2, 0.25) is 0 Å². The Kier molecular flexibility index (Phi) is 5.61. The first-order chi connectivity index (χ1) is 13.5. The van der Waals surface area contributed by atoms with E-state index in [0.29, 0.717) is 16.9 Å². The first-order valence-electron chi connectivity index (χ1n) is 8.13. The minimum atomic E-state index is -0.717. The lowest BCUT2D eigenvalue weighted by Gasteiger charge is -2.06. The Labute approximate surface area is 159 Å². The number of anilines is 1. The zero-order chi connectivity index (χ0) is 19.9. The number of azo groups is 1. The van der Waals surface area contributed by atoms with Crippen molar-refractivity contribution in [3.8, 4) is 11.5 Å². The molecule has 140 valence electrons. The third-order valence-electron chi connectivity index (χ3n) is 3.54. The molecule has 3 rings (SSSR count). The number of phenols is 2. The molecule has 0 saturated heterocycles. The number of benzene rings is 3. The van der Waals surface area contributed by atoms with Crippen molar-refractivity contribution in [2.45, 2.75) is 0 Å². The molecule has 3 aromatic carbocycles. The van der Waals surface area contributed by atoms with Crippen molar-refractivity contribution in [1.82, 2.24) is 0 Å². The second-order valence-corrected chi connectivity index (χ2v) is 5.65. The Morgan fingerprint density at radius 1 is 0.821 bits per heavy atom. The molecule has 0 atom stereocenters. The highest BCUT2D eigenvalue weighted by Gasteiger charge is 2.08. The van der Waals surface area contributed by atoms with Gasteiger partial charge in [-0.25, -0.2) is 10.3 Å². The van der Waals surface area contributed by atoms with E-state index in [9.17, 15) is 19.8 Å². The summed E-state index contributed by atoms with van der Waals surface area (Å²) < 4.78 is 0. The highest BCUT2D eigenvalue weighted by atomic mass is 16.7. The molecule has 0 fully saturated rings. The van der Waals surface area contributed by atoms with Gasteiger partial charge in [0.1, 0.15) is 11.5 Å². The zero-order valence-electron chi connectivity index (χ0n) is 14.4. The number of aromatic hydroxyl groups is 2. The highest BCUT2D eigenvalue weighted by Crippen LogP contribution is 2.22. The van der Waals surface area contributed by atoms with E-state index in [1.165, 1.54) is 12.1 Å². The molecule has 0 spiro atoms. The van der Waals surface area contributed by atoms with Crippen LogP contribution < -0.4 is 5.48 Å². The average Bonchev–Trinajstić information content (AvgIpc) is 2.71. The third kappa shape index (κ3) is 4.92. The second-order valence-electron chi connectivity index (χ2n) is 5.65. The van der Waals surface area contributed by atoms with E-state index < -0.39 is 11.9 Å². The van der Waals surface area contributed by atoms with Crippen LogP contribution in [0.15, 0.2) is 83.0 Å². The number of nitrogens with one attached hydrogen (secondary N) is 1. The Morgan fingerprint density at radius 2 is 1.46 bits per heavy atom. The van der Waals surface area contributed by atoms with E-state index >= 15 is 0 Å². The molecular formula is C20H15N3O5. The van der Waals surface area contributed by atoms with Crippen molar-refractivity contribution < 1.29 is 24.6 Å². The number of carbonyl (C=O) groups is 2. The molecule has 3 N–H and O–H groups in total. The zero-order valence-corrected chi connectivity index (χ0v) is 14.4. The van der Waals surface area contributed by atoms with Crippen molar-refractivity contribution in [2.24, 2.45) is 10.2 Å². The fraction of sp³-hybridized carbons (Fsp3) is 0. The minimum Gasteiger partial charge on any atom is -0.508 e. The lowest BCUT2D eigenvalue weighted by molar-refractivity contribution is 0.0596. The number of nitrogens with zero attached hydrogens (tertiary/aromatic N) is 2. The van der Waals surface area contributed by atoms with Gasteiger partial charge < -0.3 is 15.1 Å². The molecule has 1 amide bonds. The van der Waals surface area contributed by atoms with E-state index in [1.807, 2.05) is 0 Å². The Morgan fingerprint density at radius 3 is 2.11 bits per heavy atom. The summed E-state index contributed by atoms with van der Waals surface area (Å²) in [6.45, 7) is 0. The number of hydrogen-bond donors (Lipinski definition) is 3. The Balaban J connectivity index is 1.58. The summed E-state index contributed by atoms with van der Waals surface area (Å²) in [6, 6.07) is 18.3. The molecule has 0 aliphatic heterocycles. The number of rotatable bonds is 5. The summed E-state index contributed by atoms with van der Waals surface area (Å²) in [4.78, 5) is 28.8. The molecule has 8 heteroatoms. The molecule has 0 aliphatic carbocycles. The Bertz CT molecular complexity index is 998. The summed E-state index contributed by atoms with van der Waals surface area (Å²) in [5, 5.41) is 26.1. The van der Waals surface area contributed by atoms with Crippen molar-refractivity contribution in [3.05, 3.63) is 83.9 Å². The molecule has 0 aromatic heterocycles. The van der Waals surface area contributed by atoms with Crippen molar-refractivity contribution in [1.29, 1.82) is 0 Å². The van der Waals surface area contributed by atoms with Crippen LogP contribution in [0.4, 0.5) is 11.4 Å². The fourth-order valence-corrected chi connectivity index (χ4v) is 2.21. The topological polar surface area (TPSA) is 121 Å². The van der Waals surface area contributed by atoms with Crippen LogP contribution in [-0.2, 0) is 4.84 Å². The monoisotopic (exact) mass is 377 g/mol. The quantitative estimate of drug-likeness (QED) is 0.452. The van der Waals surface area contributed by atoms with Gasteiger partial charge in [0.25, 0.3) is 5.91 Å². The third-order valence-corrected chi connectivity index (χ3v) is 3.54. The van der Waals surface area contributed by atoms with E-state index in [0.717, 1.165) is 6.07 Å². The summed E-state index contributed by atoms with van der Waals surface area (Å²) in [5.41, 5.74) is 3.84. The molecule has 0 saturated carbocycles. The summed E-state index contributed by atoms with van der Waals surface area (Å²) in [6.07, 6.45) is 0. The van der Waals surface area contributed by atoms with Crippen molar-refractivity contribution in [2.75, 3.05) is 5.48 Å². The number of phenolic OH excluding ortho intramolecular Hbond substituents is 2. The molecule has 28 heavy (non-hydrogen) atoms. The van der Waals surface area contributed by atoms with Gasteiger partial charge in [-0.15, -0.1) is 10.2 Å². The van der Waals surface area contributed by atoms with Gasteiger partial charge in [-0.3, -0.25) is 4.79 Å². The first kappa shape index (κ1) is 18.6. The summed E-state index contributed by atoms with van der Waals surface area (Å²) in [5.74, 6) is -1.74. The predicted octanol–water partition coefficient (Wildman–Crippen LogP) is 4.21. The summed E-state index contributed by atoms with van der Waals surface area (Å²) >= 11 is 0. The van der Waals surface area contributed by atoms with Crippen LogP contribution in [0.1, 0.15) is 20.7 Å². The van der Waals surface area contributed by atoms with Gasteiger partial charge in [-0.1, -0.05) is 18.2 Å². The van der Waals surface area contributed by atoms with Gasteiger partial charge in [0, 0.05) is 6.07 Å². The van der Waals surface area contributed by atoms with Crippen LogP contribution in [-0.4, -0.2) is 22.1 Å². The molecule has 0 heterocycles. The molecule has 0 unspecified atom stereocenters. The molecular weight excluding hydrogens is 362 g/mol. The van der Waals surface area contributed by atoms with Crippen molar-refractivity contribution in [3.63, 3.8) is 0 Å². The van der Waals surface area contributed by atoms with E-state index in [-0.39, 0.29) is 17.1 Å². The van der Waals surface area contributed by atoms with Gasteiger partial charge in [-0.05, 0) is 48.5 Å².